The molecule has 0 aliphatic heterocycles. The summed E-state index contributed by atoms with van der Waals surface area (Å²) in [5.74, 6) is -1.51. The van der Waals surface area contributed by atoms with Crippen molar-refractivity contribution in [3.8, 4) is 0 Å². The normalized spacial score (nSPS) is 13.6. The zero-order chi connectivity index (χ0) is 42.1. The Hall–Kier alpha value is -3.23. The highest BCUT2D eigenvalue weighted by molar-refractivity contribution is 5.72. The van der Waals surface area contributed by atoms with Gasteiger partial charge < -0.3 is 23.8 Å². The van der Waals surface area contributed by atoms with Crippen molar-refractivity contribution in [1.29, 1.82) is 0 Å². The Morgan fingerprint density at radius 1 is 0.544 bits per heavy atom. The second kappa shape index (κ2) is 39.6. The van der Waals surface area contributed by atoms with E-state index in [-0.39, 0.29) is 36.2 Å². The molecule has 0 aliphatic rings. The van der Waals surface area contributed by atoms with E-state index < -0.39 is 18.1 Å². The summed E-state index contributed by atoms with van der Waals surface area (Å²) in [7, 11) is 5.51. The third-order valence-corrected chi connectivity index (χ3v) is 9.66. The van der Waals surface area contributed by atoms with Gasteiger partial charge in [0.25, 0.3) is 0 Å². The van der Waals surface area contributed by atoms with E-state index in [0.29, 0.717) is 19.3 Å². The van der Waals surface area contributed by atoms with Gasteiger partial charge in [0.2, 0.25) is 0 Å². The number of allylic oxidation sites excluding steroid dienone is 12. The summed E-state index contributed by atoms with van der Waals surface area (Å²) >= 11 is 0. The van der Waals surface area contributed by atoms with Gasteiger partial charge in [0.1, 0.15) is 6.61 Å². The summed E-state index contributed by atoms with van der Waals surface area (Å²) in [4.78, 5) is 37.0. The second-order valence-corrected chi connectivity index (χ2v) is 16.0. The Kier molecular flexibility index (Phi) is 37.3. The fourth-order valence-electron chi connectivity index (χ4n) is 6.22. The minimum Gasteiger partial charge on any atom is -0.477 e. The van der Waals surface area contributed by atoms with E-state index in [1.165, 1.54) is 51.4 Å². The maximum atomic E-state index is 12.7. The van der Waals surface area contributed by atoms with Gasteiger partial charge in [-0.05, 0) is 64.2 Å². The average Bonchev–Trinajstić information content (AvgIpc) is 3.17. The number of carbonyl (C=O) groups is 3. The van der Waals surface area contributed by atoms with Crippen molar-refractivity contribution in [2.24, 2.45) is 0 Å². The number of hydrogen-bond donors (Lipinski definition) is 1. The maximum absolute atomic E-state index is 12.7. The van der Waals surface area contributed by atoms with E-state index in [1.54, 1.807) is 0 Å². The van der Waals surface area contributed by atoms with Crippen LogP contribution in [0.4, 0.5) is 0 Å². The van der Waals surface area contributed by atoms with Crippen LogP contribution in [-0.4, -0.2) is 80.6 Å². The van der Waals surface area contributed by atoms with Gasteiger partial charge in [-0.3, -0.25) is 9.59 Å². The lowest BCUT2D eigenvalue weighted by atomic mass is 10.0. The van der Waals surface area contributed by atoms with Gasteiger partial charge >= 0.3 is 17.9 Å². The molecule has 0 spiro atoms. The highest BCUT2D eigenvalue weighted by Gasteiger charge is 2.31. The zero-order valence-electron chi connectivity index (χ0n) is 37.0. The molecule has 0 aromatic carbocycles. The van der Waals surface area contributed by atoms with Gasteiger partial charge in [0.05, 0.1) is 34.4 Å². The van der Waals surface area contributed by atoms with E-state index in [0.717, 1.165) is 83.5 Å². The molecule has 57 heavy (non-hydrogen) atoms. The van der Waals surface area contributed by atoms with Crippen LogP contribution in [0, 0.1) is 0 Å². The van der Waals surface area contributed by atoms with Gasteiger partial charge in [-0.25, -0.2) is 4.79 Å². The molecule has 0 saturated heterocycles. The number of nitrogens with zero attached hydrogens (tertiary/aromatic N) is 1. The predicted octanol–water partition coefficient (Wildman–Crippen LogP) is 12.4. The summed E-state index contributed by atoms with van der Waals surface area (Å²) in [6.07, 6.45) is 49.5. The minimum absolute atomic E-state index is 0.0495. The van der Waals surface area contributed by atoms with Crippen molar-refractivity contribution in [3.63, 3.8) is 0 Å². The first kappa shape index (κ1) is 53.8. The van der Waals surface area contributed by atoms with E-state index >= 15 is 0 Å². The summed E-state index contributed by atoms with van der Waals surface area (Å²) in [6, 6.07) is -0.621. The third-order valence-electron chi connectivity index (χ3n) is 9.66. The Labute approximate surface area is 349 Å². The molecule has 0 radical (unpaired) electrons. The molecule has 0 bridgehead atoms. The molecule has 0 aliphatic carbocycles. The number of ether oxygens (including phenoxy) is 3. The lowest BCUT2D eigenvalue weighted by Crippen LogP contribution is -2.50. The molecule has 0 rings (SSSR count). The van der Waals surface area contributed by atoms with Crippen LogP contribution in [0.3, 0.4) is 0 Å². The monoisotopic (exact) mass is 799 g/mol. The maximum Gasteiger partial charge on any atom is 0.362 e. The fraction of sp³-hybridized carbons (Fsp3) is 0.694. The molecule has 0 heterocycles. The summed E-state index contributed by atoms with van der Waals surface area (Å²) in [5, 5.41) is 9.62. The minimum atomic E-state index is -0.881. The average molecular weight is 799 g/mol. The number of rotatable bonds is 39. The summed E-state index contributed by atoms with van der Waals surface area (Å²) in [5.41, 5.74) is 0. The van der Waals surface area contributed by atoms with E-state index in [2.05, 4.69) is 80.7 Å². The molecule has 0 aromatic heterocycles. The van der Waals surface area contributed by atoms with Gasteiger partial charge in [-0.1, -0.05) is 157 Å². The number of esters is 2. The molecule has 0 fully saturated rings. The lowest BCUT2D eigenvalue weighted by Gasteiger charge is -2.31. The molecule has 1 N–H and O–H groups in total. The molecule has 0 amide bonds. The largest absolute Gasteiger partial charge is 0.477 e. The van der Waals surface area contributed by atoms with Gasteiger partial charge in [0, 0.05) is 19.3 Å². The molecule has 0 aromatic rings. The Morgan fingerprint density at radius 2 is 1.02 bits per heavy atom. The summed E-state index contributed by atoms with van der Waals surface area (Å²) < 4.78 is 17.3. The second-order valence-electron chi connectivity index (χ2n) is 16.0. The highest BCUT2D eigenvalue weighted by atomic mass is 16.6. The first-order valence-corrected chi connectivity index (χ1v) is 22.5. The van der Waals surface area contributed by atoms with Crippen molar-refractivity contribution in [1.82, 2.24) is 0 Å². The van der Waals surface area contributed by atoms with Crippen molar-refractivity contribution in [2.75, 3.05) is 41.0 Å². The van der Waals surface area contributed by atoms with Gasteiger partial charge in [-0.2, -0.15) is 0 Å². The third kappa shape index (κ3) is 38.1. The summed E-state index contributed by atoms with van der Waals surface area (Å²) in [6.45, 7) is 4.46. The standard InChI is InChI=1S/C49H83NO7/c1-6-8-10-12-14-16-18-20-21-22-23-24-25-26-28-30-32-34-36-38-40-48(52)57-45(43-55-42-41-46(49(53)54)50(3,4)5)44-56-47(51)39-37-35-33-31-29-27-19-17-15-13-11-9-7-2/h8-11,13-17,19-21,45-46H,6-7,12,18,22-44H2,1-5H3/p+1/b10-8+,11-9+,15-13+,16-14+,19-17+,21-20+. The number of carboxylic acid groups (broad SMARTS) is 1. The molecule has 0 saturated carbocycles. The van der Waals surface area contributed by atoms with Crippen LogP contribution in [0.15, 0.2) is 72.9 Å². The first-order chi connectivity index (χ1) is 27.6. The quantitative estimate of drug-likeness (QED) is 0.0217. The van der Waals surface area contributed by atoms with Crippen LogP contribution in [0.5, 0.6) is 0 Å². The van der Waals surface area contributed by atoms with Crippen molar-refractivity contribution in [3.05, 3.63) is 72.9 Å². The number of hydrogen-bond acceptors (Lipinski definition) is 6. The van der Waals surface area contributed by atoms with Crippen LogP contribution < -0.4 is 0 Å². The van der Waals surface area contributed by atoms with Crippen LogP contribution in [-0.2, 0) is 28.6 Å². The molecule has 8 heteroatoms. The van der Waals surface area contributed by atoms with Crippen molar-refractivity contribution in [2.45, 2.75) is 180 Å². The number of likely N-dealkylation sites (N-methyl/N-ethyl adjacent to an activating group) is 1. The number of quaternary nitrogens is 1. The van der Waals surface area contributed by atoms with Crippen LogP contribution in [0.25, 0.3) is 0 Å². The highest BCUT2D eigenvalue weighted by Crippen LogP contribution is 2.14. The fourth-order valence-corrected chi connectivity index (χ4v) is 6.22. The van der Waals surface area contributed by atoms with Crippen LogP contribution in [0.1, 0.15) is 168 Å². The number of carboxylic acids is 1. The topological polar surface area (TPSA) is 99.1 Å². The smallest absolute Gasteiger partial charge is 0.362 e. The van der Waals surface area contributed by atoms with Crippen LogP contribution >= 0.6 is 0 Å². The van der Waals surface area contributed by atoms with Gasteiger partial charge in [-0.15, -0.1) is 0 Å². The SMILES string of the molecule is CC/C=C/C=C/C=C/CCCCCCCC(=O)OCC(COCCC(C(=O)O)[N+](C)(C)C)OC(=O)CCCCCCCCCCCC/C=C/C/C=C/C/C=C/CC. The van der Waals surface area contributed by atoms with E-state index in [1.807, 2.05) is 27.2 Å². The van der Waals surface area contributed by atoms with Crippen LogP contribution in [0.2, 0.25) is 0 Å². The number of unbranched alkanes of at least 4 members (excludes halogenated alkanes) is 15. The lowest BCUT2D eigenvalue weighted by molar-refractivity contribution is -0.887. The molecule has 8 nitrogen and oxygen atoms in total. The van der Waals surface area contributed by atoms with Crippen molar-refractivity contribution < 1.29 is 38.2 Å². The Morgan fingerprint density at radius 3 is 1.56 bits per heavy atom. The van der Waals surface area contributed by atoms with Crippen molar-refractivity contribution >= 4 is 17.9 Å². The molecule has 326 valence electrons. The predicted molar refractivity (Wildman–Crippen MR) is 238 cm³/mol. The van der Waals surface area contributed by atoms with E-state index in [9.17, 15) is 19.5 Å². The molecular weight excluding hydrogens is 715 g/mol. The molecule has 2 unspecified atom stereocenters. The van der Waals surface area contributed by atoms with E-state index in [4.69, 9.17) is 14.2 Å². The Bertz CT molecular complexity index is 1160. The molecule has 2 atom stereocenters. The Balaban J connectivity index is 4.33. The zero-order valence-corrected chi connectivity index (χ0v) is 37.0. The van der Waals surface area contributed by atoms with Gasteiger partial charge in [0.15, 0.2) is 12.1 Å². The number of aliphatic carboxylic acids is 1. The number of carbonyl (C=O) groups excluding carboxylic acids is 2. The molecular formula is C49H84NO7+. The first-order valence-electron chi connectivity index (χ1n) is 22.5.